The van der Waals surface area contributed by atoms with Crippen molar-refractivity contribution in [1.82, 2.24) is 9.97 Å². The van der Waals surface area contributed by atoms with Gasteiger partial charge >= 0.3 is 0 Å². The third kappa shape index (κ3) is 1.86. The molecule has 3 nitrogen and oxygen atoms in total. The van der Waals surface area contributed by atoms with Gasteiger partial charge in [-0.05, 0) is 49.9 Å². The number of anilines is 1. The highest BCUT2D eigenvalue weighted by Gasteiger charge is 2.59. The van der Waals surface area contributed by atoms with Gasteiger partial charge in [0, 0.05) is 12.2 Å². The Labute approximate surface area is 116 Å². The largest absolute Gasteiger partial charge is 0.365 e. The van der Waals surface area contributed by atoms with E-state index in [1.165, 1.54) is 19.3 Å². The molecule has 3 heteroatoms. The molecule has 0 aliphatic heterocycles. The predicted octanol–water partition coefficient (Wildman–Crippen LogP) is 3.72. The van der Waals surface area contributed by atoms with Gasteiger partial charge in [-0.25, -0.2) is 4.98 Å². The molecule has 104 valence electrons. The van der Waals surface area contributed by atoms with E-state index >= 15 is 0 Å². The molecule has 1 aromatic rings. The second-order valence-corrected chi connectivity index (χ2v) is 7.44. The number of aromatic nitrogens is 2. The lowest BCUT2D eigenvalue weighted by Crippen LogP contribution is -2.46. The van der Waals surface area contributed by atoms with Gasteiger partial charge in [0.15, 0.2) is 0 Å². The van der Waals surface area contributed by atoms with E-state index in [-0.39, 0.29) is 0 Å². The maximum atomic E-state index is 4.64. The van der Waals surface area contributed by atoms with Crippen molar-refractivity contribution in [3.63, 3.8) is 0 Å². The monoisotopic (exact) mass is 259 g/mol. The minimum atomic E-state index is 0.352. The van der Waals surface area contributed by atoms with E-state index in [1.807, 2.05) is 20.0 Å². The van der Waals surface area contributed by atoms with E-state index in [0.717, 1.165) is 23.1 Å². The lowest BCUT2D eigenvalue weighted by Gasteiger charge is -2.43. The minimum Gasteiger partial charge on any atom is -0.365 e. The van der Waals surface area contributed by atoms with E-state index in [0.29, 0.717) is 16.9 Å². The Balaban J connectivity index is 1.92. The molecular weight excluding hydrogens is 234 g/mol. The van der Waals surface area contributed by atoms with Gasteiger partial charge < -0.3 is 5.32 Å². The molecule has 1 aromatic heterocycles. The van der Waals surface area contributed by atoms with Crippen LogP contribution in [0, 0.1) is 30.6 Å². The first-order valence-electron chi connectivity index (χ1n) is 7.40. The number of hydrogen-bond acceptors (Lipinski definition) is 3. The molecule has 2 aliphatic rings. The van der Waals surface area contributed by atoms with Crippen molar-refractivity contribution in [2.24, 2.45) is 16.7 Å². The Morgan fingerprint density at radius 1 is 1.26 bits per heavy atom. The van der Waals surface area contributed by atoms with Crippen LogP contribution in [0.1, 0.15) is 51.4 Å². The number of fused-ring (bicyclic) bond motifs is 2. The van der Waals surface area contributed by atoms with E-state index in [4.69, 9.17) is 0 Å². The van der Waals surface area contributed by atoms with Crippen LogP contribution in [0.2, 0.25) is 0 Å². The first kappa shape index (κ1) is 12.9. The first-order chi connectivity index (χ1) is 8.83. The predicted molar refractivity (Wildman–Crippen MR) is 78.1 cm³/mol. The van der Waals surface area contributed by atoms with E-state index in [2.05, 4.69) is 36.1 Å². The zero-order valence-corrected chi connectivity index (χ0v) is 12.7. The van der Waals surface area contributed by atoms with Crippen LogP contribution >= 0.6 is 0 Å². The molecular formula is C16H25N3. The maximum absolute atomic E-state index is 4.64. The molecule has 3 atom stereocenters. The molecule has 3 rings (SSSR count). The maximum Gasteiger partial charge on any atom is 0.148 e. The number of nitrogens with one attached hydrogen (secondary N) is 1. The zero-order valence-electron chi connectivity index (χ0n) is 12.7. The van der Waals surface area contributed by atoms with E-state index in [1.54, 1.807) is 0 Å². The standard InChI is InChI=1S/C16H25N3/c1-10-9-17-11(2)13(18-10)19-14-15(3,4)12-6-7-16(14,5)8-12/h9,12,14H,6-8H2,1-5H3,(H,18,19). The van der Waals surface area contributed by atoms with Gasteiger partial charge in [0.05, 0.1) is 11.4 Å². The normalized spacial score (nSPS) is 35.6. The fourth-order valence-electron chi connectivity index (χ4n) is 4.47. The third-order valence-corrected chi connectivity index (χ3v) is 5.63. The average Bonchev–Trinajstić information content (AvgIpc) is 2.80. The Bertz CT molecular complexity index is 504. The summed E-state index contributed by atoms with van der Waals surface area (Å²) in [5, 5.41) is 3.74. The van der Waals surface area contributed by atoms with Crippen LogP contribution in [0.3, 0.4) is 0 Å². The Kier molecular flexibility index (Phi) is 2.67. The van der Waals surface area contributed by atoms with Gasteiger partial charge in [-0.15, -0.1) is 0 Å². The van der Waals surface area contributed by atoms with Crippen molar-refractivity contribution in [2.75, 3.05) is 5.32 Å². The molecule has 0 saturated heterocycles. The summed E-state index contributed by atoms with van der Waals surface area (Å²) in [6.07, 6.45) is 5.93. The molecule has 2 saturated carbocycles. The highest BCUT2D eigenvalue weighted by Crippen LogP contribution is 2.63. The van der Waals surface area contributed by atoms with Crippen LogP contribution in [0.15, 0.2) is 6.20 Å². The molecule has 0 spiro atoms. The summed E-state index contributed by atoms with van der Waals surface area (Å²) in [5.41, 5.74) is 2.77. The SMILES string of the molecule is Cc1cnc(C)c(NC2C3(C)CCC(C3)C2(C)C)n1. The summed E-state index contributed by atoms with van der Waals surface area (Å²) in [7, 11) is 0. The van der Waals surface area contributed by atoms with Crippen molar-refractivity contribution in [2.45, 2.75) is 59.9 Å². The number of aryl methyl sites for hydroxylation is 2. The minimum absolute atomic E-state index is 0.352. The lowest BCUT2D eigenvalue weighted by atomic mass is 9.68. The Morgan fingerprint density at radius 3 is 2.63 bits per heavy atom. The second-order valence-electron chi connectivity index (χ2n) is 7.44. The summed E-state index contributed by atoms with van der Waals surface area (Å²) in [5.74, 6) is 1.83. The fourth-order valence-corrected chi connectivity index (χ4v) is 4.47. The zero-order chi connectivity index (χ0) is 13.8. The molecule has 2 aliphatic carbocycles. The second kappa shape index (κ2) is 3.94. The van der Waals surface area contributed by atoms with Crippen LogP contribution in [0.4, 0.5) is 5.82 Å². The summed E-state index contributed by atoms with van der Waals surface area (Å²) in [4.78, 5) is 9.07. The summed E-state index contributed by atoms with van der Waals surface area (Å²) >= 11 is 0. The molecule has 0 radical (unpaired) electrons. The molecule has 3 unspecified atom stereocenters. The van der Waals surface area contributed by atoms with Gasteiger partial charge in [-0.1, -0.05) is 20.8 Å². The van der Waals surface area contributed by atoms with Crippen LogP contribution in [-0.4, -0.2) is 16.0 Å². The van der Waals surface area contributed by atoms with Gasteiger partial charge in [0.2, 0.25) is 0 Å². The number of nitrogens with zero attached hydrogens (tertiary/aromatic N) is 2. The number of hydrogen-bond donors (Lipinski definition) is 1. The fraction of sp³-hybridized carbons (Fsp3) is 0.750. The van der Waals surface area contributed by atoms with Crippen molar-refractivity contribution in [3.8, 4) is 0 Å². The Hall–Kier alpha value is -1.12. The van der Waals surface area contributed by atoms with Crippen LogP contribution in [0.25, 0.3) is 0 Å². The number of rotatable bonds is 2. The molecule has 0 aromatic carbocycles. The lowest BCUT2D eigenvalue weighted by molar-refractivity contribution is 0.155. The topological polar surface area (TPSA) is 37.8 Å². The summed E-state index contributed by atoms with van der Waals surface area (Å²) < 4.78 is 0. The highest BCUT2D eigenvalue weighted by molar-refractivity contribution is 5.43. The third-order valence-electron chi connectivity index (χ3n) is 5.63. The van der Waals surface area contributed by atoms with Crippen molar-refractivity contribution in [3.05, 3.63) is 17.6 Å². The molecule has 19 heavy (non-hydrogen) atoms. The van der Waals surface area contributed by atoms with Gasteiger partial charge in [0.25, 0.3) is 0 Å². The molecule has 1 N–H and O–H groups in total. The van der Waals surface area contributed by atoms with Gasteiger partial charge in [-0.3, -0.25) is 4.98 Å². The van der Waals surface area contributed by atoms with Crippen molar-refractivity contribution >= 4 is 5.82 Å². The summed E-state index contributed by atoms with van der Waals surface area (Å²) in [6, 6.07) is 0.508. The van der Waals surface area contributed by atoms with Gasteiger partial charge in [0.1, 0.15) is 5.82 Å². The quantitative estimate of drug-likeness (QED) is 0.879. The van der Waals surface area contributed by atoms with Crippen molar-refractivity contribution < 1.29 is 0 Å². The summed E-state index contributed by atoms with van der Waals surface area (Å²) in [6.45, 7) is 11.3. The molecule has 2 bridgehead atoms. The molecule has 0 amide bonds. The van der Waals surface area contributed by atoms with Crippen LogP contribution in [-0.2, 0) is 0 Å². The van der Waals surface area contributed by atoms with Crippen LogP contribution in [0.5, 0.6) is 0 Å². The van der Waals surface area contributed by atoms with E-state index in [9.17, 15) is 0 Å². The smallest absolute Gasteiger partial charge is 0.148 e. The molecule has 1 heterocycles. The first-order valence-corrected chi connectivity index (χ1v) is 7.40. The average molecular weight is 259 g/mol. The van der Waals surface area contributed by atoms with Gasteiger partial charge in [-0.2, -0.15) is 0 Å². The Morgan fingerprint density at radius 2 is 2.00 bits per heavy atom. The highest BCUT2D eigenvalue weighted by atomic mass is 15.1. The molecule has 2 fully saturated rings. The van der Waals surface area contributed by atoms with Crippen LogP contribution < -0.4 is 5.32 Å². The van der Waals surface area contributed by atoms with E-state index < -0.39 is 0 Å². The van der Waals surface area contributed by atoms with Crippen molar-refractivity contribution in [1.29, 1.82) is 0 Å².